The molecule has 0 aliphatic rings. The Bertz CT molecular complexity index is 501. The number of hydrogen-bond donors (Lipinski definition) is 0. The summed E-state index contributed by atoms with van der Waals surface area (Å²) in [6.07, 6.45) is 1.33. The first kappa shape index (κ1) is 12.9. The van der Waals surface area contributed by atoms with Crippen molar-refractivity contribution in [3.05, 3.63) is 43.0 Å². The highest BCUT2D eigenvalue weighted by molar-refractivity contribution is 8.00. The second kappa shape index (κ2) is 4.60. The van der Waals surface area contributed by atoms with Gasteiger partial charge in [-0.05, 0) is 23.9 Å². The first-order chi connectivity index (χ1) is 8.43. The summed E-state index contributed by atoms with van der Waals surface area (Å²) in [4.78, 5) is 3.28. The van der Waals surface area contributed by atoms with Crippen LogP contribution in [0.5, 0.6) is 0 Å². The molecule has 18 heavy (non-hydrogen) atoms. The molecular weight excluding hydrogens is 270 g/mol. The first-order valence-corrected chi connectivity index (χ1v) is 5.60. The third kappa shape index (κ3) is 2.33. The number of aromatic nitrogens is 3. The molecule has 3 nitrogen and oxygen atoms in total. The molecule has 0 spiro atoms. The van der Waals surface area contributed by atoms with E-state index in [9.17, 15) is 17.6 Å². The number of halogens is 4. The Morgan fingerprint density at radius 2 is 1.72 bits per heavy atom. The molecule has 0 aliphatic heterocycles. The van der Waals surface area contributed by atoms with Crippen LogP contribution in [0.4, 0.5) is 17.6 Å². The summed E-state index contributed by atoms with van der Waals surface area (Å²) < 4.78 is 54.1. The van der Waals surface area contributed by atoms with E-state index in [1.165, 1.54) is 24.3 Å². The topological polar surface area (TPSA) is 30.7 Å². The number of thioether (sulfide) groups is 1. The zero-order chi connectivity index (χ0) is 13.2. The van der Waals surface area contributed by atoms with Gasteiger partial charge in [0, 0.05) is 4.90 Å². The summed E-state index contributed by atoms with van der Waals surface area (Å²) in [5, 5.41) is -1.27. The highest BCUT2D eigenvalue weighted by Crippen LogP contribution is 2.48. The predicted octanol–water partition coefficient (Wildman–Crippen LogP) is 3.21. The van der Waals surface area contributed by atoms with Crippen molar-refractivity contribution in [2.45, 2.75) is 16.2 Å². The van der Waals surface area contributed by atoms with E-state index < -0.39 is 11.3 Å². The molecule has 0 fully saturated rings. The third-order valence-electron chi connectivity index (χ3n) is 2.05. The van der Waals surface area contributed by atoms with Gasteiger partial charge in [0.25, 0.3) is 0 Å². The van der Waals surface area contributed by atoms with Crippen LogP contribution in [0.3, 0.4) is 0 Å². The van der Waals surface area contributed by atoms with Gasteiger partial charge in [0.05, 0.1) is 0 Å². The molecule has 1 heterocycles. The summed E-state index contributed by atoms with van der Waals surface area (Å²) in [6, 6.07) is 2.80. The second-order valence-corrected chi connectivity index (χ2v) is 4.50. The zero-order valence-electron chi connectivity index (χ0n) is 8.80. The van der Waals surface area contributed by atoms with Gasteiger partial charge in [0.2, 0.25) is 0 Å². The van der Waals surface area contributed by atoms with Gasteiger partial charge in [-0.25, -0.2) is 4.98 Å². The molecule has 8 heteroatoms. The summed E-state index contributed by atoms with van der Waals surface area (Å²) >= 11 is -0.221. The van der Waals surface area contributed by atoms with Crippen molar-refractivity contribution in [2.24, 2.45) is 0 Å². The minimum Gasteiger partial charge on any atom is -0.223 e. The number of hydrogen-bond acceptors (Lipinski definition) is 3. The normalized spacial score (nSPS) is 12.7. The molecule has 2 aromatic rings. The fraction of sp³-hybridized carbons (Fsp3) is 0.200. The molecule has 0 saturated heterocycles. The van der Waals surface area contributed by atoms with Crippen LogP contribution in [0, 0.1) is 0 Å². The lowest BCUT2D eigenvalue weighted by Gasteiger charge is -2.25. The lowest BCUT2D eigenvalue weighted by molar-refractivity contribution is -0.217. The number of rotatable bonds is 4. The molecular formula is C10H7F4N3S. The molecule has 0 N–H and O–H groups in total. The molecule has 0 saturated carbocycles. The van der Waals surface area contributed by atoms with Crippen LogP contribution >= 0.6 is 11.8 Å². The van der Waals surface area contributed by atoms with Crippen LogP contribution in [0.15, 0.2) is 47.9 Å². The zero-order valence-corrected chi connectivity index (χ0v) is 9.62. The van der Waals surface area contributed by atoms with Crippen molar-refractivity contribution in [1.29, 1.82) is 0 Å². The van der Waals surface area contributed by atoms with E-state index in [0.29, 0.717) is 6.33 Å². The SMILES string of the molecule is FC(F)(Sc1ccccc1)C(F)(F)n1cncn1. The van der Waals surface area contributed by atoms with E-state index in [4.69, 9.17) is 0 Å². The van der Waals surface area contributed by atoms with E-state index in [0.717, 1.165) is 6.33 Å². The van der Waals surface area contributed by atoms with Crippen molar-refractivity contribution in [2.75, 3.05) is 0 Å². The van der Waals surface area contributed by atoms with Crippen LogP contribution in [0.2, 0.25) is 0 Å². The van der Waals surface area contributed by atoms with Gasteiger partial charge in [0.1, 0.15) is 12.7 Å². The minimum absolute atomic E-state index is 0.0438. The van der Waals surface area contributed by atoms with Crippen molar-refractivity contribution in [1.82, 2.24) is 14.8 Å². The summed E-state index contributed by atoms with van der Waals surface area (Å²) in [6.45, 7) is 0. The Morgan fingerprint density at radius 3 is 2.28 bits per heavy atom. The van der Waals surface area contributed by atoms with Crippen LogP contribution in [0.1, 0.15) is 0 Å². The summed E-state index contributed by atoms with van der Waals surface area (Å²) in [5.41, 5.74) is 0. The molecule has 0 radical (unpaired) electrons. The molecule has 1 aromatic heterocycles. The van der Waals surface area contributed by atoms with Gasteiger partial charge >= 0.3 is 11.3 Å². The van der Waals surface area contributed by atoms with Crippen molar-refractivity contribution in [3.8, 4) is 0 Å². The molecule has 96 valence electrons. The molecule has 0 amide bonds. The smallest absolute Gasteiger partial charge is 0.223 e. The quantitative estimate of drug-likeness (QED) is 0.635. The van der Waals surface area contributed by atoms with E-state index >= 15 is 0 Å². The number of alkyl halides is 4. The van der Waals surface area contributed by atoms with Gasteiger partial charge < -0.3 is 0 Å². The van der Waals surface area contributed by atoms with Crippen LogP contribution in [0.25, 0.3) is 0 Å². The predicted molar refractivity (Wildman–Crippen MR) is 57.5 cm³/mol. The number of benzene rings is 1. The van der Waals surface area contributed by atoms with E-state index in [2.05, 4.69) is 10.1 Å². The second-order valence-electron chi connectivity index (χ2n) is 3.31. The Kier molecular flexibility index (Phi) is 3.29. The largest absolute Gasteiger partial charge is 0.418 e. The van der Waals surface area contributed by atoms with Gasteiger partial charge in [-0.2, -0.15) is 27.3 Å². The lowest BCUT2D eigenvalue weighted by Crippen LogP contribution is -2.40. The Hall–Kier alpha value is -1.57. The Labute approximate surface area is 104 Å². The maximum absolute atomic E-state index is 13.6. The summed E-state index contributed by atoms with van der Waals surface area (Å²) in [7, 11) is 0. The molecule has 0 bridgehead atoms. The Morgan fingerprint density at radius 1 is 1.06 bits per heavy atom. The number of nitrogens with zero attached hydrogens (tertiary/aromatic N) is 3. The van der Waals surface area contributed by atoms with Gasteiger partial charge in [-0.3, -0.25) is 0 Å². The Balaban J connectivity index is 2.25. The molecule has 0 aliphatic carbocycles. The molecule has 0 atom stereocenters. The average Bonchev–Trinajstić information content (AvgIpc) is 2.83. The maximum atomic E-state index is 13.6. The van der Waals surface area contributed by atoms with Gasteiger partial charge in [0.15, 0.2) is 0 Å². The van der Waals surface area contributed by atoms with E-state index in [-0.39, 0.29) is 21.3 Å². The van der Waals surface area contributed by atoms with E-state index in [1.54, 1.807) is 6.07 Å². The van der Waals surface area contributed by atoms with Gasteiger partial charge in [-0.1, -0.05) is 18.2 Å². The first-order valence-electron chi connectivity index (χ1n) is 4.78. The fourth-order valence-electron chi connectivity index (χ4n) is 1.18. The maximum Gasteiger partial charge on any atom is 0.418 e. The van der Waals surface area contributed by atoms with E-state index in [1.807, 2.05) is 0 Å². The highest BCUT2D eigenvalue weighted by Gasteiger charge is 2.59. The summed E-state index contributed by atoms with van der Waals surface area (Å²) in [5.74, 6) is 0. The molecule has 0 unspecified atom stereocenters. The van der Waals surface area contributed by atoms with Crippen molar-refractivity contribution in [3.63, 3.8) is 0 Å². The minimum atomic E-state index is -4.45. The highest BCUT2D eigenvalue weighted by atomic mass is 32.2. The van der Waals surface area contributed by atoms with Crippen molar-refractivity contribution < 1.29 is 17.6 Å². The van der Waals surface area contributed by atoms with Crippen LogP contribution in [-0.2, 0) is 6.05 Å². The third-order valence-corrected chi connectivity index (χ3v) is 3.06. The monoisotopic (exact) mass is 277 g/mol. The van der Waals surface area contributed by atoms with Crippen LogP contribution in [-0.4, -0.2) is 20.0 Å². The average molecular weight is 277 g/mol. The standard InChI is InChI=1S/C10H7F4N3S/c11-9(12,17-7-15-6-16-17)10(13,14)18-8-4-2-1-3-5-8/h1-7H. The molecule has 1 aromatic carbocycles. The fourth-order valence-corrected chi connectivity index (χ4v) is 1.99. The van der Waals surface area contributed by atoms with Crippen LogP contribution < -0.4 is 0 Å². The molecule has 2 rings (SSSR count). The lowest BCUT2D eigenvalue weighted by atomic mass is 10.4. The van der Waals surface area contributed by atoms with Gasteiger partial charge in [-0.15, -0.1) is 0 Å². The van der Waals surface area contributed by atoms with Crippen molar-refractivity contribution >= 4 is 11.8 Å².